The van der Waals surface area contributed by atoms with E-state index in [1.54, 1.807) is 17.1 Å². The van der Waals surface area contributed by atoms with Gasteiger partial charge in [-0.3, -0.25) is 0 Å². The van der Waals surface area contributed by atoms with Crippen LogP contribution in [-0.4, -0.2) is 16.8 Å². The molecule has 1 unspecified atom stereocenters. The molecule has 5 heteroatoms. The Hall–Kier alpha value is -1.03. The van der Waals surface area contributed by atoms with Gasteiger partial charge >= 0.3 is 0 Å². The van der Waals surface area contributed by atoms with Crippen LogP contribution in [0.3, 0.4) is 0 Å². The predicted molar refractivity (Wildman–Crippen MR) is 71.1 cm³/mol. The van der Waals surface area contributed by atoms with E-state index in [4.69, 9.17) is 23.2 Å². The van der Waals surface area contributed by atoms with Crippen molar-refractivity contribution < 1.29 is 0 Å². The number of aromatic nitrogens is 2. The number of hydrogen-bond acceptors (Lipinski definition) is 2. The Balaban J connectivity index is 2.38. The monoisotopic (exact) mass is 269 g/mol. The lowest BCUT2D eigenvalue weighted by molar-refractivity contribution is 0.652. The Bertz CT molecular complexity index is 522. The first-order chi connectivity index (χ1) is 8.11. The first-order valence-electron chi connectivity index (χ1n) is 5.29. The first-order valence-corrected chi connectivity index (χ1v) is 6.04. The van der Waals surface area contributed by atoms with Gasteiger partial charge in [0.1, 0.15) is 0 Å². The average molecular weight is 270 g/mol. The fourth-order valence-electron chi connectivity index (χ4n) is 1.58. The third-order valence-corrected chi connectivity index (χ3v) is 3.20. The minimum Gasteiger partial charge on any atom is -0.313 e. The molecule has 0 saturated carbocycles. The van der Waals surface area contributed by atoms with Gasteiger partial charge in [0.2, 0.25) is 0 Å². The van der Waals surface area contributed by atoms with Gasteiger partial charge in [-0.15, -0.1) is 0 Å². The van der Waals surface area contributed by atoms with Gasteiger partial charge in [0.05, 0.1) is 21.9 Å². The fraction of sp³-hybridized carbons (Fsp3) is 0.250. The van der Waals surface area contributed by atoms with E-state index in [0.29, 0.717) is 10.0 Å². The summed E-state index contributed by atoms with van der Waals surface area (Å²) in [6, 6.07) is 6.17. The standard InChI is InChI=1S/C12H13Cl2N3/c1-8(15-2)9-3-4-12(11(14)5-9)17-7-10(13)6-16-17/h3-8,15H,1-2H3. The van der Waals surface area contributed by atoms with E-state index in [0.717, 1.165) is 11.3 Å². The Morgan fingerprint density at radius 3 is 2.65 bits per heavy atom. The highest BCUT2D eigenvalue weighted by Crippen LogP contribution is 2.25. The van der Waals surface area contributed by atoms with Crippen molar-refractivity contribution in [1.29, 1.82) is 0 Å². The summed E-state index contributed by atoms with van der Waals surface area (Å²) in [6.45, 7) is 2.08. The van der Waals surface area contributed by atoms with Crippen LogP contribution < -0.4 is 5.32 Å². The van der Waals surface area contributed by atoms with Crippen molar-refractivity contribution in [3.8, 4) is 5.69 Å². The van der Waals surface area contributed by atoms with Crippen molar-refractivity contribution in [2.45, 2.75) is 13.0 Å². The van der Waals surface area contributed by atoms with E-state index in [9.17, 15) is 0 Å². The van der Waals surface area contributed by atoms with Crippen LogP contribution in [0.25, 0.3) is 5.69 Å². The molecule has 0 amide bonds. The Morgan fingerprint density at radius 2 is 2.12 bits per heavy atom. The summed E-state index contributed by atoms with van der Waals surface area (Å²) in [5, 5.41) is 8.54. The lowest BCUT2D eigenvalue weighted by Gasteiger charge is -2.12. The summed E-state index contributed by atoms with van der Waals surface area (Å²) in [5.41, 5.74) is 1.96. The van der Waals surface area contributed by atoms with Crippen molar-refractivity contribution in [2.75, 3.05) is 7.05 Å². The molecule has 0 spiro atoms. The minimum absolute atomic E-state index is 0.266. The van der Waals surface area contributed by atoms with Gasteiger partial charge < -0.3 is 5.32 Å². The molecule has 1 atom stereocenters. The maximum Gasteiger partial charge on any atom is 0.0832 e. The molecule has 2 aromatic rings. The van der Waals surface area contributed by atoms with Gasteiger partial charge in [-0.05, 0) is 31.7 Å². The number of hydrogen-bond donors (Lipinski definition) is 1. The zero-order chi connectivity index (χ0) is 12.4. The van der Waals surface area contributed by atoms with Crippen LogP contribution in [0.5, 0.6) is 0 Å². The molecule has 1 aromatic carbocycles. The van der Waals surface area contributed by atoms with E-state index < -0.39 is 0 Å². The molecule has 0 saturated heterocycles. The Morgan fingerprint density at radius 1 is 1.35 bits per heavy atom. The van der Waals surface area contributed by atoms with Crippen LogP contribution in [0.1, 0.15) is 18.5 Å². The van der Waals surface area contributed by atoms with Gasteiger partial charge in [-0.2, -0.15) is 5.10 Å². The van der Waals surface area contributed by atoms with Crippen molar-refractivity contribution in [2.24, 2.45) is 0 Å². The topological polar surface area (TPSA) is 29.9 Å². The van der Waals surface area contributed by atoms with Crippen molar-refractivity contribution in [3.63, 3.8) is 0 Å². The van der Waals surface area contributed by atoms with Crippen LogP contribution in [-0.2, 0) is 0 Å². The summed E-state index contributed by atoms with van der Waals surface area (Å²) >= 11 is 12.1. The molecule has 0 bridgehead atoms. The lowest BCUT2D eigenvalue weighted by Crippen LogP contribution is -2.12. The van der Waals surface area contributed by atoms with Gasteiger partial charge in [0, 0.05) is 12.2 Å². The van der Waals surface area contributed by atoms with Crippen LogP contribution in [0.15, 0.2) is 30.6 Å². The van der Waals surface area contributed by atoms with Crippen LogP contribution in [0.2, 0.25) is 10.0 Å². The van der Waals surface area contributed by atoms with Gasteiger partial charge in [0.15, 0.2) is 0 Å². The Kier molecular flexibility index (Phi) is 3.72. The number of nitrogens with zero attached hydrogens (tertiary/aromatic N) is 2. The average Bonchev–Trinajstić information content (AvgIpc) is 2.74. The van der Waals surface area contributed by atoms with Crippen molar-refractivity contribution in [3.05, 3.63) is 46.2 Å². The van der Waals surface area contributed by atoms with Gasteiger partial charge in [0.25, 0.3) is 0 Å². The quantitative estimate of drug-likeness (QED) is 0.925. The first kappa shape index (κ1) is 12.4. The highest BCUT2D eigenvalue weighted by atomic mass is 35.5. The maximum atomic E-state index is 6.24. The summed E-state index contributed by atoms with van der Waals surface area (Å²) in [6.07, 6.45) is 3.31. The van der Waals surface area contributed by atoms with E-state index in [2.05, 4.69) is 17.3 Å². The lowest BCUT2D eigenvalue weighted by atomic mass is 10.1. The summed E-state index contributed by atoms with van der Waals surface area (Å²) in [7, 11) is 1.92. The number of benzene rings is 1. The summed E-state index contributed by atoms with van der Waals surface area (Å²) in [5.74, 6) is 0. The second kappa shape index (κ2) is 5.08. The van der Waals surface area contributed by atoms with Gasteiger partial charge in [-0.1, -0.05) is 29.3 Å². The van der Waals surface area contributed by atoms with E-state index in [1.165, 1.54) is 0 Å². The van der Waals surface area contributed by atoms with E-state index in [-0.39, 0.29) is 6.04 Å². The number of rotatable bonds is 3. The molecular formula is C12H13Cl2N3. The van der Waals surface area contributed by atoms with Crippen molar-refractivity contribution in [1.82, 2.24) is 15.1 Å². The number of nitrogens with one attached hydrogen (secondary N) is 1. The molecule has 0 radical (unpaired) electrons. The molecule has 2 rings (SSSR count). The largest absolute Gasteiger partial charge is 0.313 e. The number of halogens is 2. The third-order valence-electron chi connectivity index (χ3n) is 2.70. The predicted octanol–water partition coefficient (Wildman–Crippen LogP) is 3.46. The molecule has 1 aromatic heterocycles. The van der Waals surface area contributed by atoms with Crippen LogP contribution >= 0.6 is 23.2 Å². The second-order valence-corrected chi connectivity index (χ2v) is 4.67. The minimum atomic E-state index is 0.266. The highest BCUT2D eigenvalue weighted by Gasteiger charge is 2.08. The molecule has 0 aliphatic carbocycles. The Labute approximate surface area is 110 Å². The summed E-state index contributed by atoms with van der Waals surface area (Å²) < 4.78 is 1.67. The smallest absolute Gasteiger partial charge is 0.0832 e. The molecule has 3 nitrogen and oxygen atoms in total. The fourth-order valence-corrected chi connectivity index (χ4v) is 1.99. The molecule has 0 aliphatic rings. The second-order valence-electron chi connectivity index (χ2n) is 3.82. The van der Waals surface area contributed by atoms with Crippen LogP contribution in [0.4, 0.5) is 0 Å². The van der Waals surface area contributed by atoms with Crippen molar-refractivity contribution >= 4 is 23.2 Å². The molecular weight excluding hydrogens is 257 g/mol. The zero-order valence-corrected chi connectivity index (χ0v) is 11.1. The summed E-state index contributed by atoms with van der Waals surface area (Å²) in [4.78, 5) is 0. The van der Waals surface area contributed by atoms with E-state index in [1.807, 2.05) is 25.2 Å². The van der Waals surface area contributed by atoms with Crippen LogP contribution in [0, 0.1) is 0 Å². The maximum absolute atomic E-state index is 6.24. The molecule has 1 N–H and O–H groups in total. The molecule has 0 aliphatic heterocycles. The van der Waals surface area contributed by atoms with E-state index >= 15 is 0 Å². The normalized spacial score (nSPS) is 12.7. The molecule has 1 heterocycles. The molecule has 90 valence electrons. The molecule has 0 fully saturated rings. The van der Waals surface area contributed by atoms with Gasteiger partial charge in [-0.25, -0.2) is 4.68 Å². The highest BCUT2D eigenvalue weighted by molar-refractivity contribution is 6.32. The molecule has 17 heavy (non-hydrogen) atoms. The zero-order valence-electron chi connectivity index (χ0n) is 9.61. The SMILES string of the molecule is CNC(C)c1ccc(-n2cc(Cl)cn2)c(Cl)c1. The third kappa shape index (κ3) is 2.63.